The Bertz CT molecular complexity index is 15.1. The molecule has 1 nitrogen and oxygen atoms in total. The molecule has 0 amide bonds. The minimum atomic E-state index is 1.00. The summed E-state index contributed by atoms with van der Waals surface area (Å²) in [6.45, 7) is 6.25. The normalized spacial score (nSPS) is 15.0. The number of ether oxygens (including phenoxy) is 1. The van der Waals surface area contributed by atoms with Crippen molar-refractivity contribution in [2.45, 2.75) is 20.3 Å². The second-order valence-electron chi connectivity index (χ2n) is 1.32. The Morgan fingerprint density at radius 3 is 1.50 bits per heavy atom. The van der Waals surface area contributed by atoms with Crippen molar-refractivity contribution in [1.82, 2.24) is 0 Å². The molecule has 0 radical (unpaired) electrons. The highest BCUT2D eigenvalue weighted by Gasteiger charge is 1.94. The molecule has 1 saturated heterocycles. The predicted octanol–water partition coefficient (Wildman–Crippen LogP) is 1.43. The molecule has 1 heterocycles. The molecule has 0 N–H and O–H groups in total. The van der Waals surface area contributed by atoms with Crippen molar-refractivity contribution in [2.24, 2.45) is 0 Å². The summed E-state index contributed by atoms with van der Waals surface area (Å²) in [6, 6.07) is 0. The first-order chi connectivity index (χ1) is 2.91. The molecule has 1 fully saturated rings. The predicted molar refractivity (Wildman–Crippen MR) is 26.8 cm³/mol. The van der Waals surface area contributed by atoms with E-state index in [1.807, 2.05) is 0 Å². The fourth-order valence-electron chi connectivity index (χ4n) is 0. The van der Waals surface area contributed by atoms with Gasteiger partial charge in [0.25, 0.3) is 0 Å². The number of hydrogen-bond acceptors (Lipinski definition) is 1. The number of hydrogen-bond donors (Lipinski definition) is 0. The van der Waals surface area contributed by atoms with Crippen LogP contribution in [-0.4, -0.2) is 13.2 Å². The minimum Gasteiger partial charge on any atom is -0.377 e. The van der Waals surface area contributed by atoms with Crippen LogP contribution in [-0.2, 0) is 4.74 Å². The summed E-state index contributed by atoms with van der Waals surface area (Å²) in [5.41, 5.74) is 0. The van der Waals surface area contributed by atoms with Gasteiger partial charge in [-0.3, -0.25) is 0 Å². The average molecular weight is 88.1 g/mol. The van der Waals surface area contributed by atoms with Crippen LogP contribution in [0.3, 0.4) is 0 Å². The largest absolute Gasteiger partial charge is 0.377 e. The molecule has 0 atom stereocenters. The van der Waals surface area contributed by atoms with Crippen molar-refractivity contribution in [1.29, 1.82) is 0 Å². The van der Waals surface area contributed by atoms with Crippen molar-refractivity contribution >= 4 is 0 Å². The maximum Gasteiger partial charge on any atom is 0.0701 e. The van der Waals surface area contributed by atoms with Crippen molar-refractivity contribution in [3.05, 3.63) is 0 Å². The summed E-state index contributed by atoms with van der Waals surface area (Å²) < 4.78 is 4.50. The van der Waals surface area contributed by atoms with E-state index in [1.54, 1.807) is 0 Å². The SMILES string of the molecule is C1CO1.CCC. The van der Waals surface area contributed by atoms with Crippen LogP contribution in [0.15, 0.2) is 0 Å². The Morgan fingerprint density at radius 2 is 1.50 bits per heavy atom. The molecule has 1 rings (SSSR count). The highest BCUT2D eigenvalue weighted by atomic mass is 16.6. The Labute approximate surface area is 39.3 Å². The first kappa shape index (κ1) is 5.96. The zero-order valence-corrected chi connectivity index (χ0v) is 4.53. The second kappa shape index (κ2) is 4.96. The van der Waals surface area contributed by atoms with E-state index < -0.39 is 0 Å². The second-order valence-corrected chi connectivity index (χ2v) is 1.32. The molecule has 0 saturated carbocycles. The van der Waals surface area contributed by atoms with Crippen molar-refractivity contribution in [3.63, 3.8) is 0 Å². The lowest BCUT2D eigenvalue weighted by molar-refractivity contribution is 0.475. The zero-order chi connectivity index (χ0) is 4.83. The van der Waals surface area contributed by atoms with Crippen molar-refractivity contribution in [3.8, 4) is 0 Å². The van der Waals surface area contributed by atoms with Gasteiger partial charge < -0.3 is 4.74 Å². The molecule has 0 aromatic rings. The lowest BCUT2D eigenvalue weighted by Crippen LogP contribution is -1.27. The van der Waals surface area contributed by atoms with Crippen LogP contribution in [0.5, 0.6) is 0 Å². The van der Waals surface area contributed by atoms with E-state index in [9.17, 15) is 0 Å². The van der Waals surface area contributed by atoms with Crippen LogP contribution < -0.4 is 0 Å². The van der Waals surface area contributed by atoms with Crippen LogP contribution >= 0.6 is 0 Å². The molecule has 0 spiro atoms. The standard InChI is InChI=1S/C3H8.C2H4O/c1-3-2;1-2-3-1/h3H2,1-2H3;1-2H2. The molecule has 0 bridgehead atoms. The fraction of sp³-hybridized carbons (Fsp3) is 1.00. The molecule has 38 valence electrons. The van der Waals surface area contributed by atoms with E-state index in [2.05, 4.69) is 18.6 Å². The highest BCUT2D eigenvalue weighted by Crippen LogP contribution is 1.84. The van der Waals surface area contributed by atoms with Crippen LogP contribution in [0.2, 0.25) is 0 Å². The summed E-state index contributed by atoms with van der Waals surface area (Å²) >= 11 is 0. The maximum atomic E-state index is 4.50. The third-order valence-electron chi connectivity index (χ3n) is 0.204. The van der Waals surface area contributed by atoms with Gasteiger partial charge in [0, 0.05) is 0 Å². The van der Waals surface area contributed by atoms with E-state index in [0.29, 0.717) is 0 Å². The summed E-state index contributed by atoms with van der Waals surface area (Å²) in [5.74, 6) is 0. The lowest BCUT2D eigenvalue weighted by atomic mass is 10.6. The van der Waals surface area contributed by atoms with Gasteiger partial charge in [-0.1, -0.05) is 20.3 Å². The molecule has 0 aromatic carbocycles. The molecule has 1 aliphatic rings. The van der Waals surface area contributed by atoms with Gasteiger partial charge in [-0.25, -0.2) is 0 Å². The molecule has 0 aliphatic carbocycles. The van der Waals surface area contributed by atoms with Crippen LogP contribution in [0, 0.1) is 0 Å². The topological polar surface area (TPSA) is 12.5 Å². The summed E-state index contributed by atoms with van der Waals surface area (Å²) in [4.78, 5) is 0. The first-order valence-corrected chi connectivity index (χ1v) is 2.49. The molecule has 1 heteroatoms. The maximum absolute atomic E-state index is 4.50. The zero-order valence-electron chi connectivity index (χ0n) is 4.53. The van der Waals surface area contributed by atoms with Gasteiger partial charge >= 0.3 is 0 Å². The Morgan fingerprint density at radius 1 is 1.33 bits per heavy atom. The van der Waals surface area contributed by atoms with Gasteiger partial charge in [0.1, 0.15) is 0 Å². The lowest BCUT2D eigenvalue weighted by Gasteiger charge is -1.48. The van der Waals surface area contributed by atoms with Gasteiger partial charge in [0.05, 0.1) is 13.2 Å². The van der Waals surface area contributed by atoms with E-state index in [0.717, 1.165) is 13.2 Å². The van der Waals surface area contributed by atoms with Crippen LogP contribution in [0.25, 0.3) is 0 Å². The molecular weight excluding hydrogens is 76.1 g/mol. The van der Waals surface area contributed by atoms with Gasteiger partial charge in [-0.15, -0.1) is 0 Å². The third kappa shape index (κ3) is 37.6. The minimum absolute atomic E-state index is 1.00. The van der Waals surface area contributed by atoms with Crippen molar-refractivity contribution < 1.29 is 4.74 Å². The quantitative estimate of drug-likeness (QED) is 0.408. The van der Waals surface area contributed by atoms with E-state index in [4.69, 9.17) is 0 Å². The monoisotopic (exact) mass is 88.1 g/mol. The molecule has 0 aromatic heterocycles. The van der Waals surface area contributed by atoms with Crippen molar-refractivity contribution in [2.75, 3.05) is 13.2 Å². The number of rotatable bonds is 0. The third-order valence-corrected chi connectivity index (χ3v) is 0.204. The van der Waals surface area contributed by atoms with Gasteiger partial charge in [-0.05, 0) is 0 Å². The van der Waals surface area contributed by atoms with Crippen LogP contribution in [0.4, 0.5) is 0 Å². The fourth-order valence-corrected chi connectivity index (χ4v) is 0. The highest BCUT2D eigenvalue weighted by molar-refractivity contribution is 4.36. The van der Waals surface area contributed by atoms with Crippen LogP contribution in [0.1, 0.15) is 20.3 Å². The summed E-state index contributed by atoms with van der Waals surface area (Å²) in [5, 5.41) is 0. The Kier molecular flexibility index (Phi) is 4.93. The summed E-state index contributed by atoms with van der Waals surface area (Å²) in [7, 11) is 0. The molecular formula is C5H12O. The Hall–Kier alpha value is -0.0400. The van der Waals surface area contributed by atoms with E-state index in [-0.39, 0.29) is 0 Å². The van der Waals surface area contributed by atoms with Gasteiger partial charge in [-0.2, -0.15) is 0 Å². The number of epoxide rings is 1. The smallest absolute Gasteiger partial charge is 0.0701 e. The van der Waals surface area contributed by atoms with E-state index >= 15 is 0 Å². The van der Waals surface area contributed by atoms with E-state index in [1.165, 1.54) is 6.42 Å². The Balaban J connectivity index is 0.0000000833. The molecule has 0 unspecified atom stereocenters. The van der Waals surface area contributed by atoms with Gasteiger partial charge in [0.2, 0.25) is 0 Å². The summed E-state index contributed by atoms with van der Waals surface area (Å²) in [6.07, 6.45) is 1.25. The molecule has 1 aliphatic heterocycles. The first-order valence-electron chi connectivity index (χ1n) is 2.49. The van der Waals surface area contributed by atoms with Gasteiger partial charge in [0.15, 0.2) is 0 Å². The molecule has 6 heavy (non-hydrogen) atoms. The average Bonchev–Trinajstić information content (AvgIpc) is 2.11.